The molecule has 2 amide bonds. The minimum absolute atomic E-state index is 0.139. The third kappa shape index (κ3) is 6.01. The van der Waals surface area contributed by atoms with Gasteiger partial charge in [0.15, 0.2) is 0 Å². The van der Waals surface area contributed by atoms with Crippen LogP contribution in [0.25, 0.3) is 0 Å². The number of thiazole rings is 1. The van der Waals surface area contributed by atoms with E-state index in [1.54, 1.807) is 11.3 Å². The Labute approximate surface area is 174 Å². The van der Waals surface area contributed by atoms with Crippen molar-refractivity contribution in [3.8, 4) is 0 Å². The number of nitrogens with one attached hydrogen (secondary N) is 3. The standard InChI is InChI=1S/C19H24N4O4S2/c1-12(24)21-13-7-8-15(23-29(2,26)27)14(11-13)19(25)20-10-9-18-22-16-5-3-4-6-17(16)28-18/h7-8,11,23H,3-6,9-10H2,1-2H3,(H,20,25)(H,21,24). The molecule has 1 heterocycles. The van der Waals surface area contributed by atoms with Crippen molar-refractivity contribution in [2.24, 2.45) is 0 Å². The quantitative estimate of drug-likeness (QED) is 0.616. The highest BCUT2D eigenvalue weighted by molar-refractivity contribution is 7.92. The summed E-state index contributed by atoms with van der Waals surface area (Å²) in [5.41, 5.74) is 1.89. The monoisotopic (exact) mass is 436 g/mol. The molecule has 1 aromatic heterocycles. The van der Waals surface area contributed by atoms with Gasteiger partial charge in [-0.1, -0.05) is 0 Å². The Hall–Kier alpha value is -2.46. The Bertz CT molecular complexity index is 1010. The lowest BCUT2D eigenvalue weighted by Gasteiger charge is -2.13. The summed E-state index contributed by atoms with van der Waals surface area (Å²) in [6, 6.07) is 4.44. The number of sulfonamides is 1. The highest BCUT2D eigenvalue weighted by atomic mass is 32.2. The van der Waals surface area contributed by atoms with Crippen LogP contribution in [0.2, 0.25) is 0 Å². The molecule has 1 aliphatic carbocycles. The van der Waals surface area contributed by atoms with E-state index in [0.29, 0.717) is 18.7 Å². The molecule has 29 heavy (non-hydrogen) atoms. The van der Waals surface area contributed by atoms with Gasteiger partial charge in [0.05, 0.1) is 28.2 Å². The van der Waals surface area contributed by atoms with Crippen molar-refractivity contribution >= 4 is 44.5 Å². The van der Waals surface area contributed by atoms with E-state index in [-0.39, 0.29) is 17.2 Å². The predicted molar refractivity (Wildman–Crippen MR) is 114 cm³/mol. The van der Waals surface area contributed by atoms with Crippen molar-refractivity contribution in [2.75, 3.05) is 22.8 Å². The highest BCUT2D eigenvalue weighted by Crippen LogP contribution is 2.27. The van der Waals surface area contributed by atoms with E-state index in [9.17, 15) is 18.0 Å². The number of aryl methyl sites for hydroxylation is 2. The van der Waals surface area contributed by atoms with Gasteiger partial charge in [-0.25, -0.2) is 13.4 Å². The molecule has 3 N–H and O–H groups in total. The SMILES string of the molecule is CC(=O)Nc1ccc(NS(C)(=O)=O)c(C(=O)NCCc2nc3c(s2)CCCC3)c1. The first kappa shape index (κ1) is 21.3. The molecule has 0 fully saturated rings. The highest BCUT2D eigenvalue weighted by Gasteiger charge is 2.17. The van der Waals surface area contributed by atoms with E-state index in [0.717, 1.165) is 24.1 Å². The first-order valence-electron chi connectivity index (χ1n) is 9.36. The van der Waals surface area contributed by atoms with Gasteiger partial charge in [-0.05, 0) is 43.9 Å². The van der Waals surface area contributed by atoms with Gasteiger partial charge in [0, 0.05) is 30.5 Å². The third-order valence-corrected chi connectivity index (χ3v) is 6.20. The van der Waals surface area contributed by atoms with E-state index >= 15 is 0 Å². The number of amides is 2. The molecule has 0 spiro atoms. The smallest absolute Gasteiger partial charge is 0.253 e. The first-order chi connectivity index (χ1) is 13.7. The van der Waals surface area contributed by atoms with E-state index in [1.807, 2.05) is 0 Å². The maximum atomic E-state index is 12.7. The number of anilines is 2. The minimum atomic E-state index is -3.56. The van der Waals surface area contributed by atoms with Crippen LogP contribution in [0, 0.1) is 0 Å². The Kier molecular flexibility index (Phi) is 6.53. The lowest BCUT2D eigenvalue weighted by Crippen LogP contribution is -2.27. The van der Waals surface area contributed by atoms with Gasteiger partial charge in [0.2, 0.25) is 15.9 Å². The maximum Gasteiger partial charge on any atom is 0.253 e. The third-order valence-electron chi connectivity index (χ3n) is 4.39. The molecule has 1 aromatic carbocycles. The summed E-state index contributed by atoms with van der Waals surface area (Å²) in [5.74, 6) is -0.711. The maximum absolute atomic E-state index is 12.7. The van der Waals surface area contributed by atoms with Crippen LogP contribution >= 0.6 is 11.3 Å². The fourth-order valence-corrected chi connectivity index (χ4v) is 4.93. The van der Waals surface area contributed by atoms with Crippen LogP contribution in [0.15, 0.2) is 18.2 Å². The molecule has 0 bridgehead atoms. The van der Waals surface area contributed by atoms with Gasteiger partial charge in [-0.15, -0.1) is 11.3 Å². The molecule has 3 rings (SSSR count). The molecule has 0 atom stereocenters. The van der Waals surface area contributed by atoms with Crippen molar-refractivity contribution in [2.45, 2.75) is 39.0 Å². The zero-order valence-electron chi connectivity index (χ0n) is 16.4. The minimum Gasteiger partial charge on any atom is -0.352 e. The molecule has 1 aliphatic rings. The zero-order valence-corrected chi connectivity index (χ0v) is 18.0. The van der Waals surface area contributed by atoms with Crippen LogP contribution in [-0.4, -0.2) is 38.0 Å². The molecule has 0 radical (unpaired) electrons. The fraction of sp³-hybridized carbons (Fsp3) is 0.421. The largest absolute Gasteiger partial charge is 0.352 e. The van der Waals surface area contributed by atoms with Crippen LogP contribution in [0.4, 0.5) is 11.4 Å². The van der Waals surface area contributed by atoms with Gasteiger partial charge in [-0.2, -0.15) is 0 Å². The summed E-state index contributed by atoms with van der Waals surface area (Å²) in [7, 11) is -3.56. The van der Waals surface area contributed by atoms with E-state index in [4.69, 9.17) is 0 Å². The van der Waals surface area contributed by atoms with Crippen LogP contribution in [0.5, 0.6) is 0 Å². The number of rotatable bonds is 7. The number of hydrogen-bond acceptors (Lipinski definition) is 6. The van der Waals surface area contributed by atoms with Gasteiger partial charge in [0.1, 0.15) is 0 Å². The normalized spacial score (nSPS) is 13.4. The van der Waals surface area contributed by atoms with E-state index < -0.39 is 15.9 Å². The fourth-order valence-electron chi connectivity index (χ4n) is 3.19. The summed E-state index contributed by atoms with van der Waals surface area (Å²) in [5, 5.41) is 6.41. The van der Waals surface area contributed by atoms with Crippen LogP contribution in [-0.2, 0) is 34.1 Å². The molecular weight excluding hydrogens is 412 g/mol. The Morgan fingerprint density at radius 1 is 1.21 bits per heavy atom. The summed E-state index contributed by atoms with van der Waals surface area (Å²) in [6.07, 6.45) is 6.11. The number of carbonyl (C=O) groups is 2. The van der Waals surface area contributed by atoms with Crippen LogP contribution in [0.3, 0.4) is 0 Å². The van der Waals surface area contributed by atoms with Gasteiger partial charge < -0.3 is 10.6 Å². The number of carbonyl (C=O) groups excluding carboxylic acids is 2. The van der Waals surface area contributed by atoms with Crippen molar-refractivity contribution < 1.29 is 18.0 Å². The second-order valence-electron chi connectivity index (χ2n) is 7.01. The van der Waals surface area contributed by atoms with E-state index in [2.05, 4.69) is 20.3 Å². The average molecular weight is 437 g/mol. The number of aromatic nitrogens is 1. The molecule has 0 saturated carbocycles. The molecule has 2 aromatic rings. The molecule has 10 heteroatoms. The van der Waals surface area contributed by atoms with Crippen molar-refractivity contribution in [3.63, 3.8) is 0 Å². The summed E-state index contributed by atoms with van der Waals surface area (Å²) < 4.78 is 25.6. The summed E-state index contributed by atoms with van der Waals surface area (Å²) >= 11 is 1.70. The Morgan fingerprint density at radius 2 is 1.97 bits per heavy atom. The second-order valence-corrected chi connectivity index (χ2v) is 9.92. The number of fused-ring (bicyclic) bond motifs is 1. The molecule has 0 unspecified atom stereocenters. The molecule has 0 saturated heterocycles. The molecule has 0 aliphatic heterocycles. The summed E-state index contributed by atoms with van der Waals surface area (Å²) in [4.78, 5) is 30.0. The Balaban J connectivity index is 1.70. The molecular formula is C19H24N4O4S2. The lowest BCUT2D eigenvalue weighted by molar-refractivity contribution is -0.114. The Morgan fingerprint density at radius 3 is 2.66 bits per heavy atom. The number of benzene rings is 1. The van der Waals surface area contributed by atoms with Crippen molar-refractivity contribution in [1.82, 2.24) is 10.3 Å². The van der Waals surface area contributed by atoms with Crippen LogP contribution in [0.1, 0.15) is 45.7 Å². The lowest BCUT2D eigenvalue weighted by atomic mass is 10.0. The topological polar surface area (TPSA) is 117 Å². The van der Waals surface area contributed by atoms with E-state index in [1.165, 1.54) is 48.5 Å². The van der Waals surface area contributed by atoms with Crippen molar-refractivity contribution in [3.05, 3.63) is 39.3 Å². The van der Waals surface area contributed by atoms with Gasteiger partial charge >= 0.3 is 0 Å². The first-order valence-corrected chi connectivity index (χ1v) is 12.1. The molecule has 8 nitrogen and oxygen atoms in total. The van der Waals surface area contributed by atoms with Gasteiger partial charge in [0.25, 0.3) is 5.91 Å². The number of nitrogens with zero attached hydrogens (tertiary/aromatic N) is 1. The average Bonchev–Trinajstić information content (AvgIpc) is 3.04. The number of hydrogen-bond donors (Lipinski definition) is 3. The van der Waals surface area contributed by atoms with Crippen LogP contribution < -0.4 is 15.4 Å². The van der Waals surface area contributed by atoms with Crippen molar-refractivity contribution in [1.29, 1.82) is 0 Å². The zero-order chi connectivity index (χ0) is 21.0. The predicted octanol–water partition coefficient (Wildman–Crippen LogP) is 2.32. The van der Waals surface area contributed by atoms with Gasteiger partial charge in [-0.3, -0.25) is 14.3 Å². The summed E-state index contributed by atoms with van der Waals surface area (Å²) in [6.45, 7) is 1.74. The second kappa shape index (κ2) is 8.91. The molecule has 156 valence electrons.